The number of hydrogen-bond donors (Lipinski definition) is 0. The number of hydrogen-bond acceptors (Lipinski definition) is 9. The first-order valence-electron chi connectivity index (χ1n) is 6.35. The van der Waals surface area contributed by atoms with Crippen LogP contribution in [0.25, 0.3) is 0 Å². The van der Waals surface area contributed by atoms with Crippen molar-refractivity contribution in [3.8, 4) is 6.07 Å². The number of ether oxygens (including phenoxy) is 3. The topological polar surface area (TPSA) is 129 Å². The Bertz CT molecular complexity index is 680. The highest BCUT2D eigenvalue weighted by molar-refractivity contribution is 7.87. The van der Waals surface area contributed by atoms with Crippen LogP contribution in [0, 0.1) is 17.2 Å². The van der Waals surface area contributed by atoms with Gasteiger partial charge < -0.3 is 14.2 Å². The van der Waals surface area contributed by atoms with E-state index in [1.807, 2.05) is 6.07 Å². The Hall–Kier alpha value is -1.96. The van der Waals surface area contributed by atoms with E-state index < -0.39 is 64.2 Å². The minimum atomic E-state index is -3.93. The molecular formula is C12H11NO8S. The molecule has 0 amide bonds. The van der Waals surface area contributed by atoms with E-state index in [-0.39, 0.29) is 0 Å². The van der Waals surface area contributed by atoms with Crippen LogP contribution in [0.15, 0.2) is 12.7 Å². The van der Waals surface area contributed by atoms with Crippen LogP contribution >= 0.6 is 0 Å². The van der Waals surface area contributed by atoms with Crippen molar-refractivity contribution in [3.63, 3.8) is 0 Å². The second-order valence-electron chi connectivity index (χ2n) is 5.00. The van der Waals surface area contributed by atoms with Gasteiger partial charge in [0.25, 0.3) is 10.1 Å². The molecule has 0 aliphatic carbocycles. The van der Waals surface area contributed by atoms with Crippen molar-refractivity contribution in [2.75, 3.05) is 6.61 Å². The van der Waals surface area contributed by atoms with Crippen LogP contribution in [0.1, 0.15) is 0 Å². The van der Waals surface area contributed by atoms with Crippen LogP contribution in [-0.4, -0.2) is 56.6 Å². The quantitative estimate of drug-likeness (QED) is 0.349. The van der Waals surface area contributed by atoms with Gasteiger partial charge in [0.1, 0.15) is 23.6 Å². The predicted octanol–water partition coefficient (Wildman–Crippen LogP) is -1.35. The molecule has 3 fully saturated rings. The smallest absolute Gasteiger partial charge is 0.344 e. The first kappa shape index (κ1) is 15.0. The largest absolute Gasteiger partial charge is 0.454 e. The van der Waals surface area contributed by atoms with Gasteiger partial charge in [-0.3, -0.25) is 4.18 Å². The normalized spacial score (nSPS) is 40.0. The molecule has 6 atom stereocenters. The zero-order valence-electron chi connectivity index (χ0n) is 11.1. The lowest BCUT2D eigenvalue weighted by Gasteiger charge is -2.24. The highest BCUT2D eigenvalue weighted by Gasteiger charge is 2.72. The van der Waals surface area contributed by atoms with E-state index in [0.717, 1.165) is 6.08 Å². The van der Waals surface area contributed by atoms with Gasteiger partial charge in [-0.05, 0) is 0 Å². The lowest BCUT2D eigenvalue weighted by atomic mass is 9.86. The Morgan fingerprint density at radius 2 is 2.05 bits per heavy atom. The van der Waals surface area contributed by atoms with Crippen molar-refractivity contribution in [2.45, 2.75) is 29.7 Å². The fourth-order valence-electron chi connectivity index (χ4n) is 2.98. The third-order valence-electron chi connectivity index (χ3n) is 3.81. The standard InChI is InChI=1S/C12H11NO8S/c1-2-6(14)18-4-7(15)19-9-8-5(3-13)12-11(20-8)10(9)21-22(12,16)17/h2,5,8-12H,1,4H2/t5?,8?,9?,10-,11?,12?/m0/s1. The van der Waals surface area contributed by atoms with Gasteiger partial charge in [0, 0.05) is 6.08 Å². The fraction of sp³-hybridized carbons (Fsp3) is 0.583. The van der Waals surface area contributed by atoms with Crippen LogP contribution in [-0.2, 0) is 38.1 Å². The molecule has 3 heterocycles. The fourth-order valence-corrected chi connectivity index (χ4v) is 4.76. The molecule has 0 spiro atoms. The molecule has 22 heavy (non-hydrogen) atoms. The van der Waals surface area contributed by atoms with E-state index in [0.29, 0.717) is 0 Å². The van der Waals surface area contributed by atoms with Gasteiger partial charge >= 0.3 is 11.9 Å². The molecule has 0 aromatic carbocycles. The molecule has 3 saturated heterocycles. The van der Waals surface area contributed by atoms with E-state index in [1.54, 1.807) is 0 Å². The van der Waals surface area contributed by atoms with Gasteiger partial charge in [0.2, 0.25) is 0 Å². The molecule has 0 saturated carbocycles. The summed E-state index contributed by atoms with van der Waals surface area (Å²) in [5, 5.41) is 8.07. The maximum absolute atomic E-state index is 11.9. The van der Waals surface area contributed by atoms with Gasteiger partial charge in [-0.2, -0.15) is 13.7 Å². The average Bonchev–Trinajstić information content (AvgIpc) is 3.06. The molecule has 5 unspecified atom stereocenters. The summed E-state index contributed by atoms with van der Waals surface area (Å²) in [5.41, 5.74) is 0. The highest BCUT2D eigenvalue weighted by atomic mass is 32.2. The Kier molecular flexibility index (Phi) is 3.43. The molecular weight excluding hydrogens is 318 g/mol. The van der Waals surface area contributed by atoms with E-state index in [9.17, 15) is 18.0 Å². The van der Waals surface area contributed by atoms with Crippen LogP contribution < -0.4 is 0 Å². The van der Waals surface area contributed by atoms with Crippen molar-refractivity contribution in [2.24, 2.45) is 5.92 Å². The Balaban J connectivity index is 1.72. The van der Waals surface area contributed by atoms with Crippen molar-refractivity contribution < 1.29 is 36.4 Å². The van der Waals surface area contributed by atoms with Crippen LogP contribution in [0.3, 0.4) is 0 Å². The average molecular weight is 329 g/mol. The molecule has 0 aromatic heterocycles. The molecule has 0 aromatic rings. The summed E-state index contributed by atoms with van der Waals surface area (Å²) in [6.07, 6.45) is -2.81. The van der Waals surface area contributed by atoms with E-state index in [4.69, 9.17) is 18.9 Å². The summed E-state index contributed by atoms with van der Waals surface area (Å²) in [4.78, 5) is 22.5. The van der Waals surface area contributed by atoms with Crippen LogP contribution in [0.4, 0.5) is 0 Å². The Morgan fingerprint density at radius 3 is 2.68 bits per heavy atom. The summed E-state index contributed by atoms with van der Waals surface area (Å²) >= 11 is 0. The molecule has 2 bridgehead atoms. The summed E-state index contributed by atoms with van der Waals surface area (Å²) in [7, 11) is -3.93. The van der Waals surface area contributed by atoms with Crippen molar-refractivity contribution >= 4 is 22.1 Å². The summed E-state index contributed by atoms with van der Waals surface area (Å²) in [6.45, 7) is 2.52. The molecule has 0 radical (unpaired) electrons. The zero-order chi connectivity index (χ0) is 16.1. The number of nitriles is 1. The van der Waals surface area contributed by atoms with Gasteiger partial charge in [-0.1, -0.05) is 6.58 Å². The summed E-state index contributed by atoms with van der Waals surface area (Å²) < 4.78 is 43.7. The molecule has 3 aliphatic heterocycles. The highest BCUT2D eigenvalue weighted by Crippen LogP contribution is 2.50. The summed E-state index contributed by atoms with van der Waals surface area (Å²) in [5.74, 6) is -2.66. The van der Waals surface area contributed by atoms with E-state index >= 15 is 0 Å². The minimum absolute atomic E-state index is 0.654. The van der Waals surface area contributed by atoms with E-state index in [1.165, 1.54) is 0 Å². The number of esters is 2. The first-order chi connectivity index (χ1) is 10.4. The first-order valence-corrected chi connectivity index (χ1v) is 7.82. The monoisotopic (exact) mass is 329 g/mol. The van der Waals surface area contributed by atoms with Gasteiger partial charge in [-0.25, -0.2) is 9.59 Å². The Labute approximate surface area is 125 Å². The maximum Gasteiger partial charge on any atom is 0.344 e. The predicted molar refractivity (Wildman–Crippen MR) is 66.4 cm³/mol. The second kappa shape index (κ2) is 5.05. The van der Waals surface area contributed by atoms with Crippen LogP contribution in [0.5, 0.6) is 0 Å². The minimum Gasteiger partial charge on any atom is -0.454 e. The molecule has 10 heteroatoms. The SMILES string of the molecule is C=CC(=O)OCC(=O)OC1C2OC3C(C2C#N)S(=O)(=O)O[C@@H]13. The van der Waals surface area contributed by atoms with Crippen molar-refractivity contribution in [1.82, 2.24) is 0 Å². The number of carbonyl (C=O) groups is 2. The zero-order valence-corrected chi connectivity index (χ0v) is 11.9. The lowest BCUT2D eigenvalue weighted by Crippen LogP contribution is -2.46. The number of fused-ring (bicyclic) bond motifs is 1. The van der Waals surface area contributed by atoms with E-state index in [2.05, 4.69) is 11.3 Å². The van der Waals surface area contributed by atoms with Crippen molar-refractivity contribution in [1.29, 1.82) is 5.26 Å². The number of nitrogens with zero attached hydrogens (tertiary/aromatic N) is 1. The van der Waals surface area contributed by atoms with Gasteiger partial charge in [0.05, 0.1) is 12.0 Å². The maximum atomic E-state index is 11.9. The number of rotatable bonds is 4. The van der Waals surface area contributed by atoms with Crippen LogP contribution in [0.2, 0.25) is 0 Å². The third-order valence-corrected chi connectivity index (χ3v) is 5.53. The molecule has 0 N–H and O–H groups in total. The molecule has 3 rings (SSSR count). The molecule has 9 nitrogen and oxygen atoms in total. The summed E-state index contributed by atoms with van der Waals surface area (Å²) in [6, 6.07) is 1.87. The second-order valence-corrected chi connectivity index (χ2v) is 6.73. The van der Waals surface area contributed by atoms with Gasteiger partial charge in [0.15, 0.2) is 12.7 Å². The van der Waals surface area contributed by atoms with Gasteiger partial charge in [-0.15, -0.1) is 0 Å². The molecule has 118 valence electrons. The lowest BCUT2D eigenvalue weighted by molar-refractivity contribution is -0.164. The Morgan fingerprint density at radius 1 is 1.32 bits per heavy atom. The molecule has 3 aliphatic rings. The third kappa shape index (κ3) is 2.09. The number of carbonyl (C=O) groups excluding carboxylic acids is 2. The van der Waals surface area contributed by atoms with Crippen molar-refractivity contribution in [3.05, 3.63) is 12.7 Å².